The average Bonchev–Trinajstić information content (AvgIpc) is 3.14. The minimum absolute atomic E-state index is 0.0729. The number of amides is 1. The fourth-order valence-corrected chi connectivity index (χ4v) is 3.02. The minimum Gasteiger partial charge on any atom is -0.360 e. The number of aromatic nitrogens is 3. The van der Waals surface area contributed by atoms with E-state index in [4.69, 9.17) is 9.05 Å². The highest BCUT2D eigenvalue weighted by molar-refractivity contribution is 5.93. The van der Waals surface area contributed by atoms with E-state index in [2.05, 4.69) is 15.3 Å². The van der Waals surface area contributed by atoms with Crippen LogP contribution in [0.15, 0.2) is 45.4 Å². The Morgan fingerprint density at radius 2 is 1.84 bits per heavy atom. The first-order valence-electron chi connectivity index (χ1n) is 8.43. The normalized spacial score (nSPS) is 17.5. The first kappa shape index (κ1) is 14.4. The van der Waals surface area contributed by atoms with Gasteiger partial charge in [-0.1, -0.05) is 40.6 Å². The zero-order valence-electron chi connectivity index (χ0n) is 13.5. The second-order valence-corrected chi connectivity index (χ2v) is 6.62. The lowest BCUT2D eigenvalue weighted by Gasteiger charge is -2.36. The number of benzene rings is 1. The molecule has 1 saturated heterocycles. The van der Waals surface area contributed by atoms with Gasteiger partial charge < -0.3 is 13.9 Å². The van der Waals surface area contributed by atoms with Crippen molar-refractivity contribution in [3.63, 3.8) is 0 Å². The Morgan fingerprint density at radius 3 is 2.60 bits per heavy atom. The van der Waals surface area contributed by atoms with Gasteiger partial charge in [0, 0.05) is 30.6 Å². The molecule has 2 aromatic heterocycles. The summed E-state index contributed by atoms with van der Waals surface area (Å²) in [5.41, 5.74) is 1.30. The van der Waals surface area contributed by atoms with Crippen LogP contribution < -0.4 is 0 Å². The van der Waals surface area contributed by atoms with E-state index in [0.29, 0.717) is 36.4 Å². The molecule has 25 heavy (non-hydrogen) atoms. The van der Waals surface area contributed by atoms with Gasteiger partial charge in [0.15, 0.2) is 5.69 Å². The highest BCUT2D eigenvalue weighted by Crippen LogP contribution is 2.40. The van der Waals surface area contributed by atoms with Gasteiger partial charge >= 0.3 is 0 Å². The Kier molecular flexibility index (Phi) is 3.19. The van der Waals surface area contributed by atoms with Gasteiger partial charge in [-0.15, -0.1) is 0 Å². The molecule has 0 unspecified atom stereocenters. The van der Waals surface area contributed by atoms with Crippen molar-refractivity contribution in [2.24, 2.45) is 0 Å². The molecule has 3 heterocycles. The van der Waals surface area contributed by atoms with E-state index < -0.39 is 0 Å². The highest BCUT2D eigenvalue weighted by Gasteiger charge is 2.38. The Hall–Kier alpha value is -2.96. The van der Waals surface area contributed by atoms with E-state index in [1.54, 1.807) is 11.0 Å². The maximum absolute atomic E-state index is 12.4. The molecule has 7 nitrogen and oxygen atoms in total. The number of hydrogen-bond acceptors (Lipinski definition) is 6. The van der Waals surface area contributed by atoms with Gasteiger partial charge in [0.25, 0.3) is 5.91 Å². The molecular formula is C18H16N4O3. The SMILES string of the molecule is O=C(c1cc(C2CC2)on1)N1CC(c2nc(-c3ccccc3)no2)C1. The third-order valence-electron chi connectivity index (χ3n) is 4.72. The zero-order valence-corrected chi connectivity index (χ0v) is 13.5. The van der Waals surface area contributed by atoms with Crippen molar-refractivity contribution in [2.75, 3.05) is 13.1 Å². The van der Waals surface area contributed by atoms with Gasteiger partial charge in [-0.3, -0.25) is 4.79 Å². The lowest BCUT2D eigenvalue weighted by Crippen LogP contribution is -2.48. The Bertz CT molecular complexity index is 907. The first-order valence-corrected chi connectivity index (χ1v) is 8.43. The molecule has 2 fully saturated rings. The van der Waals surface area contributed by atoms with Gasteiger partial charge in [-0.25, -0.2) is 0 Å². The molecule has 5 rings (SSSR count). The molecule has 0 bridgehead atoms. The summed E-state index contributed by atoms with van der Waals surface area (Å²) >= 11 is 0. The number of carbonyl (C=O) groups excluding carboxylic acids is 1. The van der Waals surface area contributed by atoms with Crippen molar-refractivity contribution in [1.29, 1.82) is 0 Å². The van der Waals surface area contributed by atoms with Crippen molar-refractivity contribution >= 4 is 5.91 Å². The van der Waals surface area contributed by atoms with Crippen LogP contribution in [0.3, 0.4) is 0 Å². The van der Waals surface area contributed by atoms with Gasteiger partial charge in [0.05, 0.1) is 5.92 Å². The van der Waals surface area contributed by atoms with Crippen molar-refractivity contribution in [3.8, 4) is 11.4 Å². The predicted molar refractivity (Wildman–Crippen MR) is 86.9 cm³/mol. The Balaban J connectivity index is 1.24. The largest absolute Gasteiger partial charge is 0.360 e. The maximum Gasteiger partial charge on any atom is 0.276 e. The van der Waals surface area contributed by atoms with E-state index in [9.17, 15) is 4.79 Å². The van der Waals surface area contributed by atoms with Crippen LogP contribution in [0.1, 0.15) is 46.8 Å². The summed E-state index contributed by atoms with van der Waals surface area (Å²) in [5.74, 6) is 2.39. The highest BCUT2D eigenvalue weighted by atomic mass is 16.5. The minimum atomic E-state index is -0.102. The van der Waals surface area contributed by atoms with Crippen LogP contribution in [0.4, 0.5) is 0 Å². The quantitative estimate of drug-likeness (QED) is 0.728. The molecule has 1 saturated carbocycles. The number of nitrogens with zero attached hydrogens (tertiary/aromatic N) is 4. The van der Waals surface area contributed by atoms with Crippen LogP contribution in [0.5, 0.6) is 0 Å². The summed E-state index contributed by atoms with van der Waals surface area (Å²) in [4.78, 5) is 18.6. The third-order valence-corrected chi connectivity index (χ3v) is 4.72. The maximum atomic E-state index is 12.4. The summed E-state index contributed by atoms with van der Waals surface area (Å²) in [6.45, 7) is 1.11. The van der Waals surface area contributed by atoms with Crippen LogP contribution in [0.2, 0.25) is 0 Å². The summed E-state index contributed by atoms with van der Waals surface area (Å²) in [6.07, 6.45) is 2.24. The van der Waals surface area contributed by atoms with Gasteiger partial charge in [0.1, 0.15) is 5.76 Å². The fraction of sp³-hybridized carbons (Fsp3) is 0.333. The fourth-order valence-electron chi connectivity index (χ4n) is 3.02. The second-order valence-electron chi connectivity index (χ2n) is 6.62. The number of likely N-dealkylation sites (tertiary alicyclic amines) is 1. The predicted octanol–water partition coefficient (Wildman–Crippen LogP) is 2.84. The van der Waals surface area contributed by atoms with E-state index in [1.165, 1.54) is 0 Å². The molecule has 0 N–H and O–H groups in total. The topological polar surface area (TPSA) is 85.3 Å². The molecular weight excluding hydrogens is 320 g/mol. The molecule has 1 aliphatic heterocycles. The molecule has 0 atom stereocenters. The number of rotatable bonds is 4. The molecule has 126 valence electrons. The smallest absolute Gasteiger partial charge is 0.276 e. The van der Waals surface area contributed by atoms with E-state index in [1.807, 2.05) is 30.3 Å². The van der Waals surface area contributed by atoms with Crippen molar-refractivity contribution < 1.29 is 13.8 Å². The van der Waals surface area contributed by atoms with Crippen LogP contribution >= 0.6 is 0 Å². The molecule has 2 aliphatic rings. The van der Waals surface area contributed by atoms with Crippen LogP contribution in [0, 0.1) is 0 Å². The Morgan fingerprint density at radius 1 is 1.04 bits per heavy atom. The van der Waals surface area contributed by atoms with Gasteiger partial charge in [-0.2, -0.15) is 4.98 Å². The molecule has 1 aliphatic carbocycles. The number of carbonyl (C=O) groups is 1. The summed E-state index contributed by atoms with van der Waals surface area (Å²) in [6, 6.07) is 11.5. The van der Waals surface area contributed by atoms with Crippen molar-refractivity contribution in [1.82, 2.24) is 20.2 Å². The lowest BCUT2D eigenvalue weighted by atomic mass is 9.99. The zero-order chi connectivity index (χ0) is 16.8. The lowest BCUT2D eigenvalue weighted by molar-refractivity contribution is 0.0558. The number of hydrogen-bond donors (Lipinski definition) is 0. The second kappa shape index (κ2) is 5.54. The molecule has 3 aromatic rings. The summed E-state index contributed by atoms with van der Waals surface area (Å²) in [7, 11) is 0. The third kappa shape index (κ3) is 2.61. The standard InChI is InChI=1S/C18H16N4O3/c23-18(14-8-15(24-20-14)11-6-7-11)22-9-13(10-22)17-19-16(21-25-17)12-4-2-1-3-5-12/h1-5,8,11,13H,6-7,9-10H2. The van der Waals surface area contributed by atoms with Crippen molar-refractivity contribution in [3.05, 3.63) is 53.7 Å². The molecule has 7 heteroatoms. The Labute approximate surface area is 143 Å². The average molecular weight is 336 g/mol. The van der Waals surface area contributed by atoms with E-state index >= 15 is 0 Å². The van der Waals surface area contributed by atoms with Crippen LogP contribution in [-0.4, -0.2) is 39.2 Å². The summed E-state index contributed by atoms with van der Waals surface area (Å²) < 4.78 is 10.6. The van der Waals surface area contributed by atoms with E-state index in [-0.39, 0.29) is 11.8 Å². The molecule has 1 aromatic carbocycles. The van der Waals surface area contributed by atoms with Crippen LogP contribution in [-0.2, 0) is 0 Å². The summed E-state index contributed by atoms with van der Waals surface area (Å²) in [5, 5.41) is 7.93. The first-order chi connectivity index (χ1) is 12.3. The molecule has 1 amide bonds. The van der Waals surface area contributed by atoms with Gasteiger partial charge in [0.2, 0.25) is 11.7 Å². The van der Waals surface area contributed by atoms with Crippen LogP contribution in [0.25, 0.3) is 11.4 Å². The molecule has 0 radical (unpaired) electrons. The molecule has 0 spiro atoms. The van der Waals surface area contributed by atoms with Gasteiger partial charge in [-0.05, 0) is 12.8 Å². The van der Waals surface area contributed by atoms with E-state index in [0.717, 1.165) is 24.2 Å². The van der Waals surface area contributed by atoms with Crippen molar-refractivity contribution in [2.45, 2.75) is 24.7 Å². The monoisotopic (exact) mass is 336 g/mol.